The Balaban J connectivity index is 5.34. The van der Waals surface area contributed by atoms with Crippen LogP contribution in [-0.4, -0.2) is 91.4 Å². The van der Waals surface area contributed by atoms with Crippen LogP contribution in [0.4, 0.5) is 0 Å². The van der Waals surface area contributed by atoms with E-state index in [-0.39, 0.29) is 0 Å². The van der Waals surface area contributed by atoms with Gasteiger partial charge in [-0.05, 0) is 62.0 Å². The van der Waals surface area contributed by atoms with Crippen molar-refractivity contribution < 1.29 is 0 Å². The lowest BCUT2D eigenvalue weighted by molar-refractivity contribution is 0.381. The zero-order chi connectivity index (χ0) is 14.0. The maximum Gasteiger partial charge on any atom is 0.286 e. The van der Waals surface area contributed by atoms with E-state index in [1.807, 2.05) is 0 Å². The van der Waals surface area contributed by atoms with Crippen LogP contribution in [0.15, 0.2) is 0 Å². The highest BCUT2D eigenvalue weighted by molar-refractivity contribution is 6.91. The summed E-state index contributed by atoms with van der Waals surface area (Å²) in [7, 11) is 14.8. The Morgan fingerprint density at radius 2 is 0.882 bits per heavy atom. The molecule has 0 fully saturated rings. The van der Waals surface area contributed by atoms with E-state index in [2.05, 4.69) is 87.7 Å². The van der Waals surface area contributed by atoms with Gasteiger partial charge in [-0.15, -0.1) is 0 Å². The van der Waals surface area contributed by atoms with Crippen LogP contribution in [0.25, 0.3) is 0 Å². The average Bonchev–Trinajstić information content (AvgIpc) is 2.12. The molecule has 0 aromatic heterocycles. The largest absolute Gasteiger partial charge is 0.329 e. The maximum absolute atomic E-state index is 2.46. The zero-order valence-corrected chi connectivity index (χ0v) is 15.5. The van der Waals surface area contributed by atoms with Gasteiger partial charge in [-0.1, -0.05) is 13.1 Å². The van der Waals surface area contributed by atoms with Gasteiger partial charge in [0.2, 0.25) is 0 Å². The lowest BCUT2D eigenvalue weighted by Gasteiger charge is -2.50. The van der Waals surface area contributed by atoms with Gasteiger partial charge < -0.3 is 18.3 Å². The molecule has 0 rings (SSSR count). The van der Waals surface area contributed by atoms with Crippen molar-refractivity contribution in [2.75, 3.05) is 56.4 Å². The maximum atomic E-state index is 2.46. The van der Waals surface area contributed by atoms with E-state index in [1.54, 1.807) is 0 Å². The van der Waals surface area contributed by atoms with Crippen molar-refractivity contribution >= 4 is 16.8 Å². The van der Waals surface area contributed by atoms with Crippen LogP contribution in [-0.2, 0) is 0 Å². The van der Waals surface area contributed by atoms with Crippen molar-refractivity contribution in [3.63, 3.8) is 0 Å². The molecule has 0 aliphatic rings. The van der Waals surface area contributed by atoms with Crippen molar-refractivity contribution in [2.24, 2.45) is 0 Å². The van der Waals surface area contributed by atoms with E-state index < -0.39 is 16.8 Å². The van der Waals surface area contributed by atoms with Crippen LogP contribution in [0, 0.1) is 0 Å². The number of hydrogen-bond acceptors (Lipinski definition) is 4. The van der Waals surface area contributed by atoms with Gasteiger partial charge in [0, 0.05) is 0 Å². The summed E-state index contributed by atoms with van der Waals surface area (Å²) in [6, 6.07) is 0. The Bertz CT molecular complexity index is 218. The van der Waals surface area contributed by atoms with Gasteiger partial charge in [0.25, 0.3) is 8.56 Å². The molecule has 104 valence electrons. The minimum Gasteiger partial charge on any atom is -0.329 e. The highest BCUT2D eigenvalue weighted by Crippen LogP contribution is 2.26. The van der Waals surface area contributed by atoms with Crippen molar-refractivity contribution in [1.82, 2.24) is 18.3 Å². The first-order chi connectivity index (χ1) is 7.48. The molecule has 0 spiro atoms. The topological polar surface area (TPSA) is 13.0 Å². The van der Waals surface area contributed by atoms with E-state index in [1.165, 1.54) is 5.67 Å². The highest BCUT2D eigenvalue weighted by atomic mass is 28.4. The predicted octanol–water partition coefficient (Wildman–Crippen LogP) is 0.916. The van der Waals surface area contributed by atoms with Crippen molar-refractivity contribution in [2.45, 2.75) is 18.8 Å². The molecule has 4 nitrogen and oxygen atoms in total. The first kappa shape index (κ1) is 17.3. The van der Waals surface area contributed by atoms with Gasteiger partial charge in [0.15, 0.2) is 0 Å². The van der Waals surface area contributed by atoms with Crippen LogP contribution in [0.3, 0.4) is 0 Å². The molecule has 0 aromatic carbocycles. The summed E-state index contributed by atoms with van der Waals surface area (Å²) in [5.74, 6) is 0. The predicted molar refractivity (Wildman–Crippen MR) is 82.8 cm³/mol. The number of hydrogen-bond donors (Lipinski definition) is 0. The molecule has 0 saturated carbocycles. The summed E-state index contributed by atoms with van der Waals surface area (Å²) in [5, 5.41) is 0. The standard InChI is InChI=1S/C11H32N4Si2/c1-12(2)16(9,10)11-17(13(3)4,14(5)6)15(7)8/h11H2,1-10H3. The fraction of sp³-hybridized carbons (Fsp3) is 1.00. The molecule has 0 heterocycles. The molecule has 0 N–H and O–H groups in total. The van der Waals surface area contributed by atoms with Crippen LogP contribution in [0.5, 0.6) is 0 Å². The summed E-state index contributed by atoms with van der Waals surface area (Å²) in [6.45, 7) is 4.93. The Morgan fingerprint density at radius 3 is 1.06 bits per heavy atom. The van der Waals surface area contributed by atoms with E-state index in [9.17, 15) is 0 Å². The van der Waals surface area contributed by atoms with E-state index in [4.69, 9.17) is 0 Å². The van der Waals surface area contributed by atoms with Crippen LogP contribution in [0.1, 0.15) is 0 Å². The van der Waals surface area contributed by atoms with Gasteiger partial charge in [-0.25, -0.2) is 0 Å². The quantitative estimate of drug-likeness (QED) is 0.669. The van der Waals surface area contributed by atoms with Gasteiger partial charge in [0.05, 0.1) is 0 Å². The van der Waals surface area contributed by atoms with E-state index >= 15 is 0 Å². The third-order valence-corrected chi connectivity index (χ3v) is 16.1. The first-order valence-corrected chi connectivity index (χ1v) is 11.4. The van der Waals surface area contributed by atoms with Crippen LogP contribution < -0.4 is 0 Å². The molecule has 0 aliphatic carbocycles. The summed E-state index contributed by atoms with van der Waals surface area (Å²) in [4.78, 5) is 0. The molecular weight excluding hydrogens is 244 g/mol. The van der Waals surface area contributed by atoms with Crippen molar-refractivity contribution in [3.05, 3.63) is 0 Å². The Kier molecular flexibility index (Phi) is 6.04. The number of rotatable bonds is 6. The minimum absolute atomic E-state index is 1.32. The van der Waals surface area contributed by atoms with Gasteiger partial charge >= 0.3 is 0 Å². The van der Waals surface area contributed by atoms with Crippen molar-refractivity contribution in [1.29, 1.82) is 0 Å². The first-order valence-electron chi connectivity index (χ1n) is 6.18. The SMILES string of the molecule is CN(C)[Si](C)(C)C[Si](N(C)C)(N(C)C)N(C)C. The molecule has 6 heteroatoms. The Labute approximate surface area is 111 Å². The van der Waals surface area contributed by atoms with E-state index in [0.29, 0.717) is 0 Å². The molecule has 0 radical (unpaired) electrons. The zero-order valence-electron chi connectivity index (χ0n) is 13.5. The summed E-state index contributed by atoms with van der Waals surface area (Å²) >= 11 is 0. The molecule has 17 heavy (non-hydrogen) atoms. The molecule has 0 atom stereocenters. The molecule has 0 amide bonds. The summed E-state index contributed by atoms with van der Waals surface area (Å²) < 4.78 is 9.85. The fourth-order valence-electron chi connectivity index (χ4n) is 2.41. The lowest BCUT2D eigenvalue weighted by Crippen LogP contribution is -2.73. The van der Waals surface area contributed by atoms with E-state index in [0.717, 1.165) is 0 Å². The second kappa shape index (κ2) is 5.94. The average molecular weight is 277 g/mol. The van der Waals surface area contributed by atoms with Gasteiger partial charge in [-0.3, -0.25) is 0 Å². The minimum atomic E-state index is -1.71. The summed E-state index contributed by atoms with van der Waals surface area (Å²) in [6.07, 6.45) is 0. The molecule has 0 unspecified atom stereocenters. The monoisotopic (exact) mass is 276 g/mol. The van der Waals surface area contributed by atoms with Gasteiger partial charge in [0.1, 0.15) is 8.24 Å². The number of nitrogens with zero attached hydrogens (tertiary/aromatic N) is 4. The Hall–Kier alpha value is 0.274. The second-order valence-corrected chi connectivity index (χ2v) is 16.5. The fourth-order valence-corrected chi connectivity index (χ4v) is 14.5. The molecular formula is C11H32N4Si2. The smallest absolute Gasteiger partial charge is 0.286 e. The Morgan fingerprint density at radius 1 is 0.588 bits per heavy atom. The van der Waals surface area contributed by atoms with Gasteiger partial charge in [-0.2, -0.15) is 0 Å². The summed E-state index contributed by atoms with van der Waals surface area (Å²) in [5.41, 5.74) is 1.32. The molecule has 0 bridgehead atoms. The lowest BCUT2D eigenvalue weighted by atomic mass is 11.2. The van der Waals surface area contributed by atoms with Crippen LogP contribution in [0.2, 0.25) is 18.8 Å². The van der Waals surface area contributed by atoms with Crippen molar-refractivity contribution in [3.8, 4) is 0 Å². The molecule has 0 aliphatic heterocycles. The third-order valence-electron chi connectivity index (χ3n) is 4.03. The third kappa shape index (κ3) is 3.62. The molecule has 0 saturated heterocycles. The highest BCUT2D eigenvalue weighted by Gasteiger charge is 2.48. The second-order valence-electron chi connectivity index (χ2n) is 6.34. The van der Waals surface area contributed by atoms with Crippen LogP contribution >= 0.6 is 0 Å². The molecule has 0 aromatic rings. The normalized spacial score (nSPS) is 14.5.